The minimum atomic E-state index is -0.579. The second-order valence-electron chi connectivity index (χ2n) is 5.88. The van der Waals surface area contributed by atoms with E-state index in [1.807, 2.05) is 0 Å². The van der Waals surface area contributed by atoms with Crippen LogP contribution in [-0.4, -0.2) is 28.9 Å². The Kier molecular flexibility index (Phi) is 5.22. The number of halogens is 1. The number of amides is 1. The van der Waals surface area contributed by atoms with Crippen LogP contribution in [0.1, 0.15) is 12.0 Å². The first-order valence-electron chi connectivity index (χ1n) is 8.01. The van der Waals surface area contributed by atoms with Crippen LogP contribution in [0.25, 0.3) is 0 Å². The quantitative estimate of drug-likeness (QED) is 0.568. The highest BCUT2D eigenvalue weighted by molar-refractivity contribution is 6.32. The summed E-state index contributed by atoms with van der Waals surface area (Å²) in [6.07, 6.45) is 1.33. The molecule has 0 bridgehead atoms. The van der Waals surface area contributed by atoms with Crippen LogP contribution in [0.5, 0.6) is 5.75 Å². The van der Waals surface area contributed by atoms with E-state index in [4.69, 9.17) is 16.3 Å². The Hall–Kier alpha value is -3.20. The van der Waals surface area contributed by atoms with Gasteiger partial charge in [0.1, 0.15) is 5.75 Å². The Labute approximate surface area is 158 Å². The molecular weight excluding hydrogens is 378 g/mol. The van der Waals surface area contributed by atoms with E-state index in [1.54, 1.807) is 6.07 Å². The first-order chi connectivity index (χ1) is 12.9. The number of benzene rings is 2. The topological polar surface area (TPSA) is 116 Å². The molecule has 0 aliphatic carbocycles. The number of aryl methyl sites for hydroxylation is 1. The minimum absolute atomic E-state index is 0.0167. The van der Waals surface area contributed by atoms with Gasteiger partial charge in [0, 0.05) is 36.5 Å². The molecule has 9 nitrogen and oxygen atoms in total. The van der Waals surface area contributed by atoms with Crippen molar-refractivity contribution in [1.29, 1.82) is 0 Å². The van der Waals surface area contributed by atoms with Gasteiger partial charge in [0.2, 0.25) is 0 Å². The number of rotatable bonds is 5. The van der Waals surface area contributed by atoms with Crippen LogP contribution >= 0.6 is 11.6 Å². The molecule has 0 fully saturated rings. The van der Waals surface area contributed by atoms with Crippen LogP contribution in [0.2, 0.25) is 5.02 Å². The predicted molar refractivity (Wildman–Crippen MR) is 97.4 cm³/mol. The van der Waals surface area contributed by atoms with Crippen molar-refractivity contribution in [1.82, 2.24) is 0 Å². The molecule has 3 rings (SSSR count). The van der Waals surface area contributed by atoms with E-state index >= 15 is 0 Å². The summed E-state index contributed by atoms with van der Waals surface area (Å²) in [5.41, 5.74) is 1.16. The summed E-state index contributed by atoms with van der Waals surface area (Å²) in [5, 5.41) is 21.7. The summed E-state index contributed by atoms with van der Waals surface area (Å²) < 4.78 is 5.41. The second-order valence-corrected chi connectivity index (χ2v) is 6.29. The second kappa shape index (κ2) is 7.58. The fourth-order valence-corrected chi connectivity index (χ4v) is 3.12. The third-order valence-electron chi connectivity index (χ3n) is 4.17. The fraction of sp³-hybridized carbons (Fsp3) is 0.235. The summed E-state index contributed by atoms with van der Waals surface area (Å²) in [4.78, 5) is 34.7. The zero-order chi connectivity index (χ0) is 19.6. The van der Waals surface area contributed by atoms with Crippen LogP contribution in [-0.2, 0) is 11.2 Å². The van der Waals surface area contributed by atoms with Gasteiger partial charge in [-0.25, -0.2) is 0 Å². The number of nitro groups is 2. The number of carbonyl (C=O) groups excluding carboxylic acids is 1. The first-order valence-corrected chi connectivity index (χ1v) is 8.39. The van der Waals surface area contributed by atoms with E-state index in [-0.39, 0.29) is 34.7 Å². The highest BCUT2D eigenvalue weighted by atomic mass is 35.5. The first kappa shape index (κ1) is 18.6. The molecule has 0 N–H and O–H groups in total. The molecule has 0 saturated carbocycles. The van der Waals surface area contributed by atoms with Crippen LogP contribution in [0.3, 0.4) is 0 Å². The van der Waals surface area contributed by atoms with Gasteiger partial charge >= 0.3 is 0 Å². The molecule has 27 heavy (non-hydrogen) atoms. The molecular formula is C17H14ClN3O6. The molecule has 0 spiro atoms. The largest absolute Gasteiger partial charge is 0.482 e. The van der Waals surface area contributed by atoms with Gasteiger partial charge in [0.25, 0.3) is 17.3 Å². The molecule has 1 aliphatic rings. The third-order valence-corrected chi connectivity index (χ3v) is 4.47. The van der Waals surface area contributed by atoms with Crippen molar-refractivity contribution in [2.45, 2.75) is 12.8 Å². The van der Waals surface area contributed by atoms with Crippen LogP contribution < -0.4 is 9.64 Å². The van der Waals surface area contributed by atoms with E-state index in [0.717, 1.165) is 11.6 Å². The van der Waals surface area contributed by atoms with Crippen LogP contribution in [0.4, 0.5) is 17.1 Å². The number of ether oxygens (including phenoxy) is 1. The minimum Gasteiger partial charge on any atom is -0.482 e. The molecule has 1 heterocycles. The van der Waals surface area contributed by atoms with Crippen molar-refractivity contribution in [2.24, 2.45) is 0 Å². The fourth-order valence-electron chi connectivity index (χ4n) is 2.89. The van der Waals surface area contributed by atoms with Gasteiger partial charge in [0.15, 0.2) is 6.61 Å². The summed E-state index contributed by atoms with van der Waals surface area (Å²) >= 11 is 5.95. The number of nitrogens with zero attached hydrogens (tertiary/aromatic N) is 3. The molecule has 2 aromatic carbocycles. The number of fused-ring (bicyclic) bond motifs is 1. The Morgan fingerprint density at radius 3 is 2.44 bits per heavy atom. The Morgan fingerprint density at radius 2 is 1.78 bits per heavy atom. The average Bonchev–Trinajstić information content (AvgIpc) is 2.65. The highest BCUT2D eigenvalue weighted by Crippen LogP contribution is 2.31. The van der Waals surface area contributed by atoms with Gasteiger partial charge in [0.05, 0.1) is 14.9 Å². The van der Waals surface area contributed by atoms with Gasteiger partial charge in [-0.2, -0.15) is 0 Å². The lowest BCUT2D eigenvalue weighted by atomic mass is 10.0. The van der Waals surface area contributed by atoms with Crippen molar-refractivity contribution in [3.05, 3.63) is 67.2 Å². The zero-order valence-corrected chi connectivity index (χ0v) is 14.7. The van der Waals surface area contributed by atoms with Gasteiger partial charge in [-0.05, 0) is 30.5 Å². The predicted octanol–water partition coefficient (Wildman–Crippen LogP) is 3.51. The molecule has 0 atom stereocenters. The van der Waals surface area contributed by atoms with E-state index < -0.39 is 9.85 Å². The summed E-state index contributed by atoms with van der Waals surface area (Å²) in [7, 11) is 0. The zero-order valence-electron chi connectivity index (χ0n) is 14.0. The van der Waals surface area contributed by atoms with Crippen molar-refractivity contribution < 1.29 is 19.4 Å². The smallest absolute Gasteiger partial charge is 0.271 e. The molecule has 2 aromatic rings. The van der Waals surface area contributed by atoms with Crippen molar-refractivity contribution in [2.75, 3.05) is 18.1 Å². The van der Waals surface area contributed by atoms with Gasteiger partial charge in [-0.1, -0.05) is 11.6 Å². The maximum atomic E-state index is 12.6. The van der Waals surface area contributed by atoms with Gasteiger partial charge in [-0.15, -0.1) is 0 Å². The van der Waals surface area contributed by atoms with Crippen molar-refractivity contribution in [3.63, 3.8) is 0 Å². The van der Waals surface area contributed by atoms with E-state index in [0.29, 0.717) is 25.1 Å². The van der Waals surface area contributed by atoms with E-state index in [9.17, 15) is 25.0 Å². The maximum Gasteiger partial charge on any atom is 0.271 e. The monoisotopic (exact) mass is 391 g/mol. The highest BCUT2D eigenvalue weighted by Gasteiger charge is 2.25. The number of carbonyl (C=O) groups is 1. The number of hydrogen-bond acceptors (Lipinski definition) is 6. The molecule has 0 saturated heterocycles. The standard InChI is InChI=1S/C17H14ClN3O6/c18-14-9-13(21(25)26)4-6-16(14)27-10-17(22)19-7-1-2-11-8-12(20(23)24)3-5-15(11)19/h3-6,8-9H,1-2,7,10H2. The summed E-state index contributed by atoms with van der Waals surface area (Å²) in [6, 6.07) is 8.11. The normalized spacial score (nSPS) is 13.0. The molecule has 1 amide bonds. The lowest BCUT2D eigenvalue weighted by Crippen LogP contribution is -2.38. The Bertz CT molecular complexity index is 933. The van der Waals surface area contributed by atoms with E-state index in [2.05, 4.69) is 0 Å². The summed E-state index contributed by atoms with van der Waals surface area (Å²) in [6.45, 7) is 0.162. The van der Waals surface area contributed by atoms with Crippen molar-refractivity contribution in [3.8, 4) is 5.75 Å². The third kappa shape index (κ3) is 3.98. The molecule has 10 heteroatoms. The Morgan fingerprint density at radius 1 is 1.11 bits per heavy atom. The average molecular weight is 392 g/mol. The lowest BCUT2D eigenvalue weighted by molar-refractivity contribution is -0.385. The lowest BCUT2D eigenvalue weighted by Gasteiger charge is -2.29. The molecule has 0 radical (unpaired) electrons. The number of hydrogen-bond donors (Lipinski definition) is 0. The maximum absolute atomic E-state index is 12.6. The van der Waals surface area contributed by atoms with Crippen LogP contribution in [0.15, 0.2) is 36.4 Å². The molecule has 0 unspecified atom stereocenters. The van der Waals surface area contributed by atoms with E-state index in [1.165, 1.54) is 29.2 Å². The van der Waals surface area contributed by atoms with Crippen molar-refractivity contribution >= 4 is 34.6 Å². The number of nitro benzene ring substituents is 2. The molecule has 1 aliphatic heterocycles. The van der Waals surface area contributed by atoms with Gasteiger partial charge in [-0.3, -0.25) is 25.0 Å². The summed E-state index contributed by atoms with van der Waals surface area (Å²) in [5.74, 6) is -0.171. The Balaban J connectivity index is 1.73. The molecule has 140 valence electrons. The van der Waals surface area contributed by atoms with Gasteiger partial charge < -0.3 is 9.64 Å². The molecule has 0 aromatic heterocycles. The number of anilines is 1. The number of non-ortho nitro benzene ring substituents is 2. The van der Waals surface area contributed by atoms with Crippen LogP contribution in [0, 0.1) is 20.2 Å². The SMILES string of the molecule is O=C(COc1ccc([N+](=O)[O-])cc1Cl)N1CCCc2cc([N+](=O)[O-])ccc21.